The molecule has 62 valence electrons. The van der Waals surface area contributed by atoms with Crippen LogP contribution in [0.1, 0.15) is 0 Å². The number of hydrogen-bond donors (Lipinski definition) is 0. The summed E-state index contributed by atoms with van der Waals surface area (Å²) in [6.45, 7) is 2.97. The molecule has 0 heterocycles. The first-order valence-corrected chi connectivity index (χ1v) is 3.23. The number of carbonyl (C=O) groups is 1. The van der Waals surface area contributed by atoms with Gasteiger partial charge >= 0.3 is 6.16 Å². The fraction of sp³-hybridized carbons (Fsp3) is 0. The summed E-state index contributed by atoms with van der Waals surface area (Å²) in [6, 6.07) is 8.55. The fourth-order valence-electron chi connectivity index (χ4n) is 0.656. The fourth-order valence-corrected chi connectivity index (χ4v) is 0.656. The van der Waals surface area contributed by atoms with Gasteiger partial charge in [0, 0.05) is 6.72 Å². The van der Waals surface area contributed by atoms with Crippen LogP contribution in [-0.4, -0.2) is 12.9 Å². The van der Waals surface area contributed by atoms with E-state index in [1.165, 1.54) is 0 Å². The molecule has 1 aromatic carbocycles. The Kier molecular flexibility index (Phi) is 2.84. The molecule has 0 amide bonds. The van der Waals surface area contributed by atoms with Crippen molar-refractivity contribution in [1.82, 2.24) is 0 Å². The summed E-state index contributed by atoms with van der Waals surface area (Å²) in [6.07, 6.45) is -0.892. The molecule has 0 N–H and O–H groups in total. The number of nitrogens with zero attached hydrogens (tertiary/aromatic N) is 1. The minimum atomic E-state index is -0.892. The largest absolute Gasteiger partial charge is 0.540 e. The summed E-state index contributed by atoms with van der Waals surface area (Å²) in [5.74, 6) is 0.408. The van der Waals surface area contributed by atoms with Crippen LogP contribution in [0.5, 0.6) is 5.75 Å². The van der Waals surface area contributed by atoms with Crippen molar-refractivity contribution in [2.75, 3.05) is 0 Å². The summed E-state index contributed by atoms with van der Waals surface area (Å²) >= 11 is 0. The monoisotopic (exact) mass is 165 g/mol. The molecule has 0 aromatic heterocycles. The van der Waals surface area contributed by atoms with E-state index >= 15 is 0 Å². The Morgan fingerprint density at radius 3 is 2.58 bits per heavy atom. The minimum Gasteiger partial charge on any atom is -0.393 e. The number of ether oxygens (including phenoxy) is 1. The van der Waals surface area contributed by atoms with Crippen LogP contribution in [0.3, 0.4) is 0 Å². The van der Waals surface area contributed by atoms with Crippen LogP contribution in [0.25, 0.3) is 0 Å². The quantitative estimate of drug-likeness (QED) is 0.221. The Morgan fingerprint density at radius 1 is 1.33 bits per heavy atom. The Bertz CT molecular complexity index is 271. The standard InChI is InChI=1S/C8H7NO3/c1-9-12-8(10)11-7-5-3-2-4-6-7/h2-6H,1H2. The second-order valence-electron chi connectivity index (χ2n) is 1.89. The summed E-state index contributed by atoms with van der Waals surface area (Å²) in [4.78, 5) is 14.7. The normalized spacial score (nSPS) is 8.67. The van der Waals surface area contributed by atoms with E-state index in [0.29, 0.717) is 5.75 Å². The van der Waals surface area contributed by atoms with Gasteiger partial charge in [-0.25, -0.2) is 4.79 Å². The highest BCUT2D eigenvalue weighted by Gasteiger charge is 2.03. The maximum atomic E-state index is 10.6. The van der Waals surface area contributed by atoms with Crippen molar-refractivity contribution in [3.05, 3.63) is 30.3 Å². The third kappa shape index (κ3) is 2.42. The van der Waals surface area contributed by atoms with Crippen LogP contribution < -0.4 is 4.74 Å². The summed E-state index contributed by atoms with van der Waals surface area (Å²) in [5, 5.41) is 2.91. The van der Waals surface area contributed by atoms with E-state index in [1.807, 2.05) is 6.07 Å². The molecule has 0 saturated heterocycles. The summed E-state index contributed by atoms with van der Waals surface area (Å²) in [5.41, 5.74) is 0. The molecule has 0 spiro atoms. The lowest BCUT2D eigenvalue weighted by molar-refractivity contribution is 0.103. The molecule has 0 bridgehead atoms. The van der Waals surface area contributed by atoms with Crippen molar-refractivity contribution in [2.45, 2.75) is 0 Å². The summed E-state index contributed by atoms with van der Waals surface area (Å²) in [7, 11) is 0. The summed E-state index contributed by atoms with van der Waals surface area (Å²) < 4.78 is 4.66. The number of rotatable bonds is 2. The van der Waals surface area contributed by atoms with Gasteiger partial charge in [0.15, 0.2) is 0 Å². The molecule has 4 nitrogen and oxygen atoms in total. The molecule has 0 unspecified atom stereocenters. The number of para-hydroxylation sites is 1. The smallest absolute Gasteiger partial charge is 0.393 e. The van der Waals surface area contributed by atoms with Crippen molar-refractivity contribution in [2.24, 2.45) is 5.16 Å². The van der Waals surface area contributed by atoms with Gasteiger partial charge in [0.2, 0.25) is 0 Å². The molecule has 4 heteroatoms. The molecular weight excluding hydrogens is 158 g/mol. The highest BCUT2D eigenvalue weighted by Crippen LogP contribution is 2.08. The lowest BCUT2D eigenvalue weighted by atomic mass is 10.3. The van der Waals surface area contributed by atoms with E-state index < -0.39 is 6.16 Å². The first kappa shape index (κ1) is 8.26. The van der Waals surface area contributed by atoms with Crippen LogP contribution in [-0.2, 0) is 4.84 Å². The zero-order chi connectivity index (χ0) is 8.81. The van der Waals surface area contributed by atoms with E-state index in [1.54, 1.807) is 24.3 Å². The van der Waals surface area contributed by atoms with Crippen LogP contribution in [0.2, 0.25) is 0 Å². The maximum absolute atomic E-state index is 10.6. The van der Waals surface area contributed by atoms with Crippen molar-refractivity contribution < 1.29 is 14.4 Å². The van der Waals surface area contributed by atoms with E-state index in [4.69, 9.17) is 0 Å². The van der Waals surface area contributed by atoms with Crippen LogP contribution in [0.4, 0.5) is 4.79 Å². The molecule has 1 aromatic rings. The molecule has 0 aliphatic carbocycles. The third-order valence-corrected chi connectivity index (χ3v) is 1.08. The molecular formula is C8H7NO3. The van der Waals surface area contributed by atoms with E-state index in [9.17, 15) is 4.79 Å². The Hall–Kier alpha value is -1.84. The number of hydrogen-bond acceptors (Lipinski definition) is 4. The van der Waals surface area contributed by atoms with Gasteiger partial charge in [0.05, 0.1) is 0 Å². The second-order valence-corrected chi connectivity index (χ2v) is 1.89. The highest BCUT2D eigenvalue weighted by molar-refractivity contribution is 5.63. The lowest BCUT2D eigenvalue weighted by Crippen LogP contribution is -2.06. The van der Waals surface area contributed by atoms with Gasteiger partial charge in [-0.05, 0) is 12.1 Å². The molecule has 0 aliphatic rings. The predicted molar refractivity (Wildman–Crippen MR) is 43.1 cm³/mol. The average molecular weight is 165 g/mol. The van der Waals surface area contributed by atoms with Crippen molar-refractivity contribution >= 4 is 12.9 Å². The SMILES string of the molecule is C=NOC(=O)Oc1ccccc1. The van der Waals surface area contributed by atoms with Crippen LogP contribution in [0.15, 0.2) is 35.5 Å². The van der Waals surface area contributed by atoms with Crippen LogP contribution >= 0.6 is 0 Å². The number of oxime groups is 1. The number of benzene rings is 1. The lowest BCUT2D eigenvalue weighted by Gasteiger charge is -1.98. The molecule has 0 fully saturated rings. The number of carbonyl (C=O) groups excluding carboxylic acids is 1. The maximum Gasteiger partial charge on any atom is 0.540 e. The average Bonchev–Trinajstić information content (AvgIpc) is 2.06. The molecule has 0 saturated carbocycles. The van der Waals surface area contributed by atoms with Crippen LogP contribution in [0, 0.1) is 0 Å². The molecule has 0 aliphatic heterocycles. The van der Waals surface area contributed by atoms with Gasteiger partial charge in [-0.2, -0.15) is 0 Å². The minimum absolute atomic E-state index is 0.408. The second kappa shape index (κ2) is 4.12. The zero-order valence-electron chi connectivity index (χ0n) is 6.27. The van der Waals surface area contributed by atoms with Gasteiger partial charge in [-0.1, -0.05) is 23.4 Å². The van der Waals surface area contributed by atoms with Gasteiger partial charge in [-0.3, -0.25) is 4.84 Å². The first-order valence-electron chi connectivity index (χ1n) is 3.23. The Morgan fingerprint density at radius 2 is 2.00 bits per heavy atom. The van der Waals surface area contributed by atoms with Gasteiger partial charge in [-0.15, -0.1) is 0 Å². The van der Waals surface area contributed by atoms with Crippen molar-refractivity contribution in [3.63, 3.8) is 0 Å². The Balaban J connectivity index is 2.52. The molecule has 12 heavy (non-hydrogen) atoms. The highest BCUT2D eigenvalue weighted by atomic mass is 16.8. The van der Waals surface area contributed by atoms with Gasteiger partial charge in [0.1, 0.15) is 5.75 Å². The molecule has 0 atom stereocenters. The van der Waals surface area contributed by atoms with Gasteiger partial charge < -0.3 is 4.74 Å². The molecule has 0 radical (unpaired) electrons. The first-order chi connectivity index (χ1) is 5.83. The Labute approximate surface area is 69.4 Å². The van der Waals surface area contributed by atoms with Gasteiger partial charge in [0.25, 0.3) is 0 Å². The molecule has 1 rings (SSSR count). The van der Waals surface area contributed by atoms with E-state index in [0.717, 1.165) is 0 Å². The topological polar surface area (TPSA) is 47.9 Å². The van der Waals surface area contributed by atoms with E-state index in [2.05, 4.69) is 21.4 Å². The zero-order valence-corrected chi connectivity index (χ0v) is 6.27. The third-order valence-electron chi connectivity index (χ3n) is 1.08. The predicted octanol–water partition coefficient (Wildman–Crippen LogP) is 1.82. The van der Waals surface area contributed by atoms with E-state index in [-0.39, 0.29) is 0 Å². The van der Waals surface area contributed by atoms with Crippen molar-refractivity contribution in [1.29, 1.82) is 0 Å². The van der Waals surface area contributed by atoms with Crippen molar-refractivity contribution in [3.8, 4) is 5.75 Å².